The van der Waals surface area contributed by atoms with Crippen LogP contribution in [0.2, 0.25) is 0 Å². The van der Waals surface area contributed by atoms with Crippen molar-refractivity contribution < 1.29 is 4.79 Å². The van der Waals surface area contributed by atoms with Gasteiger partial charge in [-0.15, -0.1) is 0 Å². The second-order valence-corrected chi connectivity index (χ2v) is 4.81. The van der Waals surface area contributed by atoms with Crippen molar-refractivity contribution in [3.63, 3.8) is 0 Å². The Bertz CT molecular complexity index is 409. The third-order valence-electron chi connectivity index (χ3n) is 3.98. The molecule has 0 N–H and O–H groups in total. The highest BCUT2D eigenvalue weighted by molar-refractivity contribution is 5.81. The van der Waals surface area contributed by atoms with Crippen LogP contribution >= 0.6 is 0 Å². The van der Waals surface area contributed by atoms with Crippen molar-refractivity contribution in [3.05, 3.63) is 35.4 Å². The molecule has 2 heteroatoms. The number of carbonyl (C=O) groups is 1. The maximum absolute atomic E-state index is 12.4. The summed E-state index contributed by atoms with van der Waals surface area (Å²) in [5, 5.41) is 0. The Morgan fingerprint density at radius 1 is 1.29 bits per heavy atom. The molecule has 2 atom stereocenters. The van der Waals surface area contributed by atoms with Gasteiger partial charge in [0.2, 0.25) is 5.91 Å². The molecule has 0 aliphatic heterocycles. The summed E-state index contributed by atoms with van der Waals surface area (Å²) in [5.74, 6) is 0.824. The molecule has 0 fully saturated rings. The lowest BCUT2D eigenvalue weighted by Gasteiger charge is -2.25. The van der Waals surface area contributed by atoms with Crippen LogP contribution in [0.25, 0.3) is 0 Å². The van der Waals surface area contributed by atoms with E-state index in [1.165, 1.54) is 11.1 Å². The quantitative estimate of drug-likeness (QED) is 0.783. The molecule has 1 aromatic rings. The normalized spacial score (nSPS) is 22.3. The molecule has 2 nitrogen and oxygen atoms in total. The summed E-state index contributed by atoms with van der Waals surface area (Å²) < 4.78 is 0. The first-order valence-electron chi connectivity index (χ1n) is 6.55. The van der Waals surface area contributed by atoms with Crippen LogP contribution < -0.4 is 0 Å². The predicted octanol–water partition coefficient (Wildman–Crippen LogP) is 2.83. The van der Waals surface area contributed by atoms with Gasteiger partial charge >= 0.3 is 0 Å². The number of fused-ring (bicyclic) bond motifs is 1. The smallest absolute Gasteiger partial charge is 0.226 e. The molecule has 0 saturated carbocycles. The fraction of sp³-hybridized carbons (Fsp3) is 0.533. The summed E-state index contributed by atoms with van der Waals surface area (Å²) in [6.45, 7) is 7.91. The molecule has 0 spiro atoms. The van der Waals surface area contributed by atoms with E-state index >= 15 is 0 Å². The number of hydrogen-bond acceptors (Lipinski definition) is 1. The lowest BCUT2D eigenvalue weighted by Crippen LogP contribution is -2.37. The van der Waals surface area contributed by atoms with Crippen LogP contribution in [0.3, 0.4) is 0 Å². The molecule has 2 rings (SSSR count). The molecule has 92 valence electrons. The fourth-order valence-electron chi connectivity index (χ4n) is 2.87. The molecule has 1 aliphatic carbocycles. The molecule has 0 bridgehead atoms. The highest BCUT2D eigenvalue weighted by Gasteiger charge is 2.35. The van der Waals surface area contributed by atoms with Crippen molar-refractivity contribution in [3.8, 4) is 0 Å². The third-order valence-corrected chi connectivity index (χ3v) is 3.98. The Labute approximate surface area is 104 Å². The number of benzene rings is 1. The van der Waals surface area contributed by atoms with Gasteiger partial charge in [0, 0.05) is 19.0 Å². The molecule has 0 heterocycles. The van der Waals surface area contributed by atoms with Gasteiger partial charge in [0.05, 0.1) is 0 Å². The number of hydrogen-bond donors (Lipinski definition) is 0. The predicted molar refractivity (Wildman–Crippen MR) is 70.0 cm³/mol. The van der Waals surface area contributed by atoms with Crippen molar-refractivity contribution >= 4 is 5.91 Å². The summed E-state index contributed by atoms with van der Waals surface area (Å²) >= 11 is 0. The van der Waals surface area contributed by atoms with Crippen LogP contribution in [0.5, 0.6) is 0 Å². The van der Waals surface area contributed by atoms with Crippen molar-refractivity contribution in [2.24, 2.45) is 5.92 Å². The molecular weight excluding hydrogens is 210 g/mol. The second kappa shape index (κ2) is 4.91. The molecule has 1 amide bonds. The standard InChI is InChI=1S/C15H21NO/c1-4-16(5-2)15(17)14-10-12-8-6-7-9-13(12)11(14)3/h6-9,11,14H,4-5,10H2,1-3H3/t11-,14-/m1/s1. The maximum Gasteiger partial charge on any atom is 0.226 e. The lowest BCUT2D eigenvalue weighted by molar-refractivity contribution is -0.135. The van der Waals surface area contributed by atoms with E-state index in [2.05, 4.69) is 31.2 Å². The van der Waals surface area contributed by atoms with Crippen molar-refractivity contribution in [1.82, 2.24) is 4.90 Å². The van der Waals surface area contributed by atoms with Gasteiger partial charge in [-0.25, -0.2) is 0 Å². The van der Waals surface area contributed by atoms with E-state index in [0.29, 0.717) is 11.8 Å². The molecule has 0 unspecified atom stereocenters. The molecule has 17 heavy (non-hydrogen) atoms. The molecule has 0 saturated heterocycles. The number of amides is 1. The van der Waals surface area contributed by atoms with Crippen LogP contribution in [0.1, 0.15) is 37.8 Å². The van der Waals surface area contributed by atoms with Gasteiger partial charge in [0.15, 0.2) is 0 Å². The van der Waals surface area contributed by atoms with Crippen LogP contribution in [-0.4, -0.2) is 23.9 Å². The Balaban J connectivity index is 2.19. The first kappa shape index (κ1) is 12.2. The van der Waals surface area contributed by atoms with Crippen molar-refractivity contribution in [2.75, 3.05) is 13.1 Å². The Morgan fingerprint density at radius 2 is 1.94 bits per heavy atom. The zero-order chi connectivity index (χ0) is 12.4. The van der Waals surface area contributed by atoms with E-state index in [1.54, 1.807) is 0 Å². The summed E-state index contributed by atoms with van der Waals surface area (Å²) in [6, 6.07) is 8.45. The van der Waals surface area contributed by atoms with Crippen LogP contribution in [0, 0.1) is 5.92 Å². The summed E-state index contributed by atoms with van der Waals surface area (Å²) in [7, 11) is 0. The minimum Gasteiger partial charge on any atom is -0.343 e. The van der Waals surface area contributed by atoms with Gasteiger partial charge in [-0.2, -0.15) is 0 Å². The topological polar surface area (TPSA) is 20.3 Å². The maximum atomic E-state index is 12.4. The average Bonchev–Trinajstić information content (AvgIpc) is 2.69. The zero-order valence-electron chi connectivity index (χ0n) is 10.9. The average molecular weight is 231 g/mol. The van der Waals surface area contributed by atoms with Crippen LogP contribution in [0.15, 0.2) is 24.3 Å². The highest BCUT2D eigenvalue weighted by Crippen LogP contribution is 2.38. The first-order chi connectivity index (χ1) is 8.19. The van der Waals surface area contributed by atoms with Gasteiger partial charge in [0.1, 0.15) is 0 Å². The highest BCUT2D eigenvalue weighted by atomic mass is 16.2. The molecular formula is C15H21NO. The number of nitrogens with zero attached hydrogens (tertiary/aromatic N) is 1. The lowest BCUT2D eigenvalue weighted by atomic mass is 9.93. The second-order valence-electron chi connectivity index (χ2n) is 4.81. The van der Waals surface area contributed by atoms with Gasteiger partial charge in [-0.3, -0.25) is 4.79 Å². The molecule has 0 aromatic heterocycles. The number of rotatable bonds is 3. The number of carbonyl (C=O) groups excluding carboxylic acids is 1. The zero-order valence-corrected chi connectivity index (χ0v) is 10.9. The van der Waals surface area contributed by atoms with Crippen LogP contribution in [0.4, 0.5) is 0 Å². The third kappa shape index (κ3) is 2.08. The van der Waals surface area contributed by atoms with Gasteiger partial charge < -0.3 is 4.90 Å². The SMILES string of the molecule is CCN(CC)C(=O)[C@@H]1Cc2ccccc2[C@H]1C. The molecule has 0 radical (unpaired) electrons. The molecule has 1 aromatic carbocycles. The van der Waals surface area contributed by atoms with Gasteiger partial charge in [0.25, 0.3) is 0 Å². The monoisotopic (exact) mass is 231 g/mol. The Kier molecular flexibility index (Phi) is 3.51. The summed E-state index contributed by atoms with van der Waals surface area (Å²) in [5.41, 5.74) is 2.71. The van der Waals surface area contributed by atoms with Gasteiger partial charge in [-0.05, 0) is 37.3 Å². The Hall–Kier alpha value is -1.31. The van der Waals surface area contributed by atoms with E-state index < -0.39 is 0 Å². The Morgan fingerprint density at radius 3 is 2.53 bits per heavy atom. The van der Waals surface area contributed by atoms with E-state index in [0.717, 1.165) is 19.5 Å². The van der Waals surface area contributed by atoms with E-state index in [4.69, 9.17) is 0 Å². The van der Waals surface area contributed by atoms with Crippen LogP contribution in [-0.2, 0) is 11.2 Å². The first-order valence-corrected chi connectivity index (χ1v) is 6.55. The minimum atomic E-state index is 0.146. The molecule has 1 aliphatic rings. The fourth-order valence-corrected chi connectivity index (χ4v) is 2.87. The summed E-state index contributed by atoms with van der Waals surface area (Å²) in [4.78, 5) is 14.4. The summed E-state index contributed by atoms with van der Waals surface area (Å²) in [6.07, 6.45) is 0.909. The van der Waals surface area contributed by atoms with E-state index in [1.807, 2.05) is 18.7 Å². The minimum absolute atomic E-state index is 0.146. The largest absolute Gasteiger partial charge is 0.343 e. The van der Waals surface area contributed by atoms with Gasteiger partial charge in [-0.1, -0.05) is 31.2 Å². The van der Waals surface area contributed by atoms with Crippen molar-refractivity contribution in [1.29, 1.82) is 0 Å². The van der Waals surface area contributed by atoms with E-state index in [9.17, 15) is 4.79 Å². The van der Waals surface area contributed by atoms with Crippen molar-refractivity contribution in [2.45, 2.75) is 33.1 Å². The van der Waals surface area contributed by atoms with E-state index in [-0.39, 0.29) is 5.92 Å².